The van der Waals surface area contributed by atoms with E-state index < -0.39 is 6.10 Å². The number of aliphatic hydroxyl groups is 1. The summed E-state index contributed by atoms with van der Waals surface area (Å²) in [7, 11) is 0. The zero-order chi connectivity index (χ0) is 11.5. The summed E-state index contributed by atoms with van der Waals surface area (Å²) in [6.45, 7) is 6.02. The highest BCUT2D eigenvalue weighted by molar-refractivity contribution is 5.46. The van der Waals surface area contributed by atoms with Gasteiger partial charge in [-0.1, -0.05) is 0 Å². The number of nitrogens with zero attached hydrogens (tertiary/aromatic N) is 2. The molecule has 1 aliphatic rings. The molecule has 1 fully saturated rings. The zero-order valence-electron chi connectivity index (χ0n) is 9.76. The molecule has 2 unspecified atom stereocenters. The summed E-state index contributed by atoms with van der Waals surface area (Å²) in [6, 6.07) is 4.06. The molecule has 1 aromatic rings. The lowest BCUT2D eigenvalue weighted by Crippen LogP contribution is -2.47. The molecule has 4 nitrogen and oxygen atoms in total. The molecule has 1 saturated heterocycles. The Bertz CT molecular complexity index is 355. The van der Waals surface area contributed by atoms with Crippen molar-refractivity contribution >= 4 is 5.69 Å². The van der Waals surface area contributed by atoms with Gasteiger partial charge in [0.1, 0.15) is 6.10 Å². The van der Waals surface area contributed by atoms with Crippen LogP contribution in [0.1, 0.15) is 12.6 Å². The molecule has 88 valence electrons. The second kappa shape index (κ2) is 4.80. The smallest absolute Gasteiger partial charge is 0.101 e. The summed E-state index contributed by atoms with van der Waals surface area (Å²) in [4.78, 5) is 6.41. The van der Waals surface area contributed by atoms with Crippen molar-refractivity contribution in [2.45, 2.75) is 26.1 Å². The summed E-state index contributed by atoms with van der Waals surface area (Å²) in [5.41, 5.74) is 2.17. The van der Waals surface area contributed by atoms with Gasteiger partial charge in [0.05, 0.1) is 12.7 Å². The molecule has 0 radical (unpaired) electrons. The van der Waals surface area contributed by atoms with Crippen molar-refractivity contribution in [3.63, 3.8) is 0 Å². The lowest BCUT2D eigenvalue weighted by Gasteiger charge is -2.35. The lowest BCUT2D eigenvalue weighted by atomic mass is 10.1. The SMILES string of the molecule is Cc1cc(N2CCOC(C(C)O)C2)ccn1. The van der Waals surface area contributed by atoms with Crippen molar-refractivity contribution < 1.29 is 9.84 Å². The predicted octanol–water partition coefficient (Wildman–Crippen LogP) is 0.976. The molecule has 16 heavy (non-hydrogen) atoms. The van der Waals surface area contributed by atoms with Gasteiger partial charge in [0.2, 0.25) is 0 Å². The fourth-order valence-electron chi connectivity index (χ4n) is 1.93. The van der Waals surface area contributed by atoms with Crippen LogP contribution in [0.5, 0.6) is 0 Å². The molecular formula is C12H18N2O2. The van der Waals surface area contributed by atoms with Crippen LogP contribution in [0.25, 0.3) is 0 Å². The quantitative estimate of drug-likeness (QED) is 0.810. The Kier molecular flexibility index (Phi) is 3.41. The number of ether oxygens (including phenoxy) is 1. The highest BCUT2D eigenvalue weighted by atomic mass is 16.5. The van der Waals surface area contributed by atoms with Crippen LogP contribution in [0.4, 0.5) is 5.69 Å². The maximum absolute atomic E-state index is 9.53. The highest BCUT2D eigenvalue weighted by Gasteiger charge is 2.24. The number of hydrogen-bond acceptors (Lipinski definition) is 4. The first-order chi connectivity index (χ1) is 7.66. The van der Waals surface area contributed by atoms with Crippen molar-refractivity contribution in [3.8, 4) is 0 Å². The number of anilines is 1. The van der Waals surface area contributed by atoms with E-state index in [1.54, 1.807) is 6.92 Å². The Morgan fingerprint density at radius 3 is 3.12 bits per heavy atom. The molecule has 2 atom stereocenters. The minimum Gasteiger partial charge on any atom is -0.391 e. The van der Waals surface area contributed by atoms with Crippen molar-refractivity contribution in [1.82, 2.24) is 4.98 Å². The van der Waals surface area contributed by atoms with Crippen LogP contribution in [-0.2, 0) is 4.74 Å². The van der Waals surface area contributed by atoms with Crippen molar-refractivity contribution in [2.24, 2.45) is 0 Å². The molecule has 1 aromatic heterocycles. The van der Waals surface area contributed by atoms with Gasteiger partial charge in [-0.25, -0.2) is 0 Å². The Hall–Kier alpha value is -1.13. The average molecular weight is 222 g/mol. The highest BCUT2D eigenvalue weighted by Crippen LogP contribution is 2.18. The average Bonchev–Trinajstić information content (AvgIpc) is 2.29. The number of aromatic nitrogens is 1. The van der Waals surface area contributed by atoms with Gasteiger partial charge in [0.15, 0.2) is 0 Å². The van der Waals surface area contributed by atoms with Gasteiger partial charge in [-0.2, -0.15) is 0 Å². The minimum atomic E-state index is -0.425. The molecule has 0 saturated carbocycles. The minimum absolute atomic E-state index is 0.0952. The maximum atomic E-state index is 9.53. The number of hydrogen-bond donors (Lipinski definition) is 1. The van der Waals surface area contributed by atoms with Crippen LogP contribution in [0.15, 0.2) is 18.3 Å². The summed E-state index contributed by atoms with van der Waals surface area (Å²) in [6.07, 6.45) is 1.30. The van der Waals surface area contributed by atoms with Crippen LogP contribution in [0.2, 0.25) is 0 Å². The van der Waals surface area contributed by atoms with Crippen LogP contribution in [-0.4, -0.2) is 42.0 Å². The van der Waals surface area contributed by atoms with Gasteiger partial charge in [0, 0.05) is 30.7 Å². The lowest BCUT2D eigenvalue weighted by molar-refractivity contribution is -0.0364. The second-order valence-electron chi connectivity index (χ2n) is 4.25. The maximum Gasteiger partial charge on any atom is 0.101 e. The van der Waals surface area contributed by atoms with Crippen LogP contribution in [0.3, 0.4) is 0 Å². The van der Waals surface area contributed by atoms with Gasteiger partial charge < -0.3 is 14.7 Å². The molecule has 0 amide bonds. The van der Waals surface area contributed by atoms with Gasteiger partial charge in [-0.15, -0.1) is 0 Å². The van der Waals surface area contributed by atoms with Gasteiger partial charge in [0.25, 0.3) is 0 Å². The largest absolute Gasteiger partial charge is 0.391 e. The van der Waals surface area contributed by atoms with Crippen molar-refractivity contribution in [2.75, 3.05) is 24.6 Å². The molecule has 0 aromatic carbocycles. The molecule has 2 rings (SSSR count). The molecule has 0 bridgehead atoms. The molecule has 2 heterocycles. The molecule has 1 N–H and O–H groups in total. The fraction of sp³-hybridized carbons (Fsp3) is 0.583. The molecular weight excluding hydrogens is 204 g/mol. The monoisotopic (exact) mass is 222 g/mol. The van der Waals surface area contributed by atoms with E-state index in [9.17, 15) is 5.11 Å². The van der Waals surface area contributed by atoms with E-state index in [0.717, 1.165) is 24.5 Å². The third-order valence-electron chi connectivity index (χ3n) is 2.88. The molecule has 1 aliphatic heterocycles. The van der Waals surface area contributed by atoms with E-state index in [1.807, 2.05) is 19.2 Å². The first-order valence-corrected chi connectivity index (χ1v) is 5.64. The molecule has 0 spiro atoms. The van der Waals surface area contributed by atoms with E-state index >= 15 is 0 Å². The number of pyridine rings is 1. The predicted molar refractivity (Wildman–Crippen MR) is 62.6 cm³/mol. The summed E-state index contributed by atoms with van der Waals surface area (Å²) < 4.78 is 5.51. The number of rotatable bonds is 2. The fourth-order valence-corrected chi connectivity index (χ4v) is 1.93. The summed E-state index contributed by atoms with van der Waals surface area (Å²) >= 11 is 0. The third kappa shape index (κ3) is 2.51. The van der Waals surface area contributed by atoms with Crippen molar-refractivity contribution in [1.29, 1.82) is 0 Å². The first kappa shape index (κ1) is 11.4. The molecule has 4 heteroatoms. The van der Waals surface area contributed by atoms with Gasteiger partial charge in [-0.3, -0.25) is 4.98 Å². The summed E-state index contributed by atoms with van der Waals surface area (Å²) in [5, 5.41) is 9.53. The summed E-state index contributed by atoms with van der Waals surface area (Å²) in [5.74, 6) is 0. The topological polar surface area (TPSA) is 45.6 Å². The third-order valence-corrected chi connectivity index (χ3v) is 2.88. The van der Waals surface area contributed by atoms with E-state index in [-0.39, 0.29) is 6.10 Å². The number of morpholine rings is 1. The second-order valence-corrected chi connectivity index (χ2v) is 4.25. The Morgan fingerprint density at radius 2 is 2.44 bits per heavy atom. The van der Waals surface area contributed by atoms with Crippen LogP contribution < -0.4 is 4.90 Å². The van der Waals surface area contributed by atoms with E-state index in [4.69, 9.17) is 4.74 Å². The zero-order valence-corrected chi connectivity index (χ0v) is 9.76. The van der Waals surface area contributed by atoms with Gasteiger partial charge >= 0.3 is 0 Å². The number of aryl methyl sites for hydroxylation is 1. The van der Waals surface area contributed by atoms with Crippen LogP contribution in [0, 0.1) is 6.92 Å². The Balaban J connectivity index is 2.09. The normalized spacial score (nSPS) is 23.2. The number of aliphatic hydroxyl groups excluding tert-OH is 1. The van der Waals surface area contributed by atoms with E-state index in [2.05, 4.69) is 16.0 Å². The standard InChI is InChI=1S/C12H18N2O2/c1-9-7-11(3-4-13-9)14-5-6-16-12(8-14)10(2)15/h3-4,7,10,12,15H,5-6,8H2,1-2H3. The van der Waals surface area contributed by atoms with E-state index in [0.29, 0.717) is 6.61 Å². The van der Waals surface area contributed by atoms with Crippen molar-refractivity contribution in [3.05, 3.63) is 24.0 Å². The van der Waals surface area contributed by atoms with Crippen LogP contribution >= 0.6 is 0 Å². The first-order valence-electron chi connectivity index (χ1n) is 5.64. The van der Waals surface area contributed by atoms with E-state index in [1.165, 1.54) is 0 Å². The van der Waals surface area contributed by atoms with Gasteiger partial charge in [-0.05, 0) is 26.0 Å². The Labute approximate surface area is 95.9 Å². The Morgan fingerprint density at radius 1 is 1.62 bits per heavy atom. The molecule has 0 aliphatic carbocycles.